The molecule has 1 aromatic heterocycles. The van der Waals surface area contributed by atoms with E-state index in [9.17, 15) is 4.79 Å². The summed E-state index contributed by atoms with van der Waals surface area (Å²) < 4.78 is 6.95. The van der Waals surface area contributed by atoms with Gasteiger partial charge in [0.1, 0.15) is 11.8 Å². The molecule has 0 bridgehead atoms. The van der Waals surface area contributed by atoms with Crippen LogP contribution < -0.4 is 20.9 Å². The van der Waals surface area contributed by atoms with Crippen molar-refractivity contribution in [3.63, 3.8) is 0 Å². The maximum absolute atomic E-state index is 12.6. The Bertz CT molecular complexity index is 973. The maximum Gasteiger partial charge on any atom is 0.242 e. The van der Waals surface area contributed by atoms with Crippen LogP contribution in [0.2, 0.25) is 5.02 Å². The minimum absolute atomic E-state index is 0.0396. The summed E-state index contributed by atoms with van der Waals surface area (Å²) >= 11 is 5.90. The number of methoxy groups -OCH3 is 1. The Labute approximate surface area is 167 Å². The molecule has 1 fully saturated rings. The third kappa shape index (κ3) is 4.01. The Balaban J connectivity index is 1.37. The third-order valence-electron chi connectivity index (χ3n) is 4.67. The SMILES string of the molecule is COc1cccc(C2CC(C(=O)Nc3ccc(-n4cc(Cl)cn4)cc3)NN2)c1. The van der Waals surface area contributed by atoms with E-state index in [4.69, 9.17) is 16.3 Å². The number of anilines is 1. The molecule has 1 saturated heterocycles. The van der Waals surface area contributed by atoms with Gasteiger partial charge in [0.25, 0.3) is 0 Å². The average molecular weight is 398 g/mol. The number of amides is 1. The standard InChI is InChI=1S/C20H20ClN5O2/c1-28-17-4-2-3-13(9-17)18-10-19(25-24-18)20(27)23-15-5-7-16(8-6-15)26-12-14(21)11-22-26/h2-9,11-12,18-19,24-25H,10H2,1H3,(H,23,27). The molecule has 0 radical (unpaired) electrons. The van der Waals surface area contributed by atoms with E-state index < -0.39 is 0 Å². The lowest BCUT2D eigenvalue weighted by molar-refractivity contribution is -0.117. The van der Waals surface area contributed by atoms with Gasteiger partial charge in [0.05, 0.1) is 24.0 Å². The predicted molar refractivity (Wildman–Crippen MR) is 108 cm³/mol. The van der Waals surface area contributed by atoms with Crippen molar-refractivity contribution in [3.8, 4) is 11.4 Å². The second-order valence-corrected chi connectivity index (χ2v) is 6.98. The van der Waals surface area contributed by atoms with Crippen LogP contribution in [-0.4, -0.2) is 28.8 Å². The molecule has 4 rings (SSSR count). The second-order valence-electron chi connectivity index (χ2n) is 6.55. The second kappa shape index (κ2) is 8.02. The van der Waals surface area contributed by atoms with Crippen LogP contribution in [0.3, 0.4) is 0 Å². The van der Waals surface area contributed by atoms with E-state index in [1.165, 1.54) is 0 Å². The van der Waals surface area contributed by atoms with Crippen LogP contribution in [0.4, 0.5) is 5.69 Å². The molecule has 1 amide bonds. The van der Waals surface area contributed by atoms with Crippen molar-refractivity contribution in [2.24, 2.45) is 0 Å². The van der Waals surface area contributed by atoms with Gasteiger partial charge < -0.3 is 10.1 Å². The van der Waals surface area contributed by atoms with E-state index in [1.807, 2.05) is 48.5 Å². The van der Waals surface area contributed by atoms with Gasteiger partial charge in [-0.3, -0.25) is 4.79 Å². The largest absolute Gasteiger partial charge is 0.497 e. The molecule has 7 nitrogen and oxygen atoms in total. The van der Waals surface area contributed by atoms with E-state index in [-0.39, 0.29) is 18.0 Å². The monoisotopic (exact) mass is 397 g/mol. The highest BCUT2D eigenvalue weighted by atomic mass is 35.5. The molecule has 8 heteroatoms. The summed E-state index contributed by atoms with van der Waals surface area (Å²) in [6.45, 7) is 0. The molecule has 1 aliphatic heterocycles. The Morgan fingerprint density at radius 2 is 2.07 bits per heavy atom. The van der Waals surface area contributed by atoms with Gasteiger partial charge in [-0.2, -0.15) is 5.10 Å². The van der Waals surface area contributed by atoms with Crippen LogP contribution in [0.5, 0.6) is 5.75 Å². The lowest BCUT2D eigenvalue weighted by Gasteiger charge is -2.12. The molecule has 28 heavy (non-hydrogen) atoms. The average Bonchev–Trinajstić information content (AvgIpc) is 3.38. The smallest absolute Gasteiger partial charge is 0.242 e. The van der Waals surface area contributed by atoms with Gasteiger partial charge in [-0.05, 0) is 48.4 Å². The summed E-state index contributed by atoms with van der Waals surface area (Å²) in [5.74, 6) is 0.707. The fraction of sp³-hybridized carbons (Fsp3) is 0.200. The van der Waals surface area contributed by atoms with Crippen LogP contribution in [0.1, 0.15) is 18.0 Å². The van der Waals surface area contributed by atoms with Crippen molar-refractivity contribution in [1.82, 2.24) is 20.6 Å². The minimum Gasteiger partial charge on any atom is -0.497 e. The highest BCUT2D eigenvalue weighted by Gasteiger charge is 2.30. The lowest BCUT2D eigenvalue weighted by Crippen LogP contribution is -2.39. The lowest BCUT2D eigenvalue weighted by atomic mass is 10.0. The topological polar surface area (TPSA) is 80.2 Å². The predicted octanol–water partition coefficient (Wildman–Crippen LogP) is 3.08. The van der Waals surface area contributed by atoms with Crippen molar-refractivity contribution in [2.45, 2.75) is 18.5 Å². The molecule has 2 unspecified atom stereocenters. The number of hydrogen-bond acceptors (Lipinski definition) is 5. The number of halogens is 1. The molecular weight excluding hydrogens is 378 g/mol. The molecule has 2 atom stereocenters. The zero-order valence-electron chi connectivity index (χ0n) is 15.2. The number of nitrogens with zero attached hydrogens (tertiary/aromatic N) is 2. The first-order chi connectivity index (χ1) is 13.6. The molecule has 3 aromatic rings. The van der Waals surface area contributed by atoms with Crippen molar-refractivity contribution in [1.29, 1.82) is 0 Å². The zero-order chi connectivity index (χ0) is 19.5. The van der Waals surface area contributed by atoms with Crippen molar-refractivity contribution in [2.75, 3.05) is 12.4 Å². The summed E-state index contributed by atoms with van der Waals surface area (Å²) in [5, 5.41) is 7.67. The molecule has 144 valence electrons. The van der Waals surface area contributed by atoms with Gasteiger partial charge in [-0.15, -0.1) is 0 Å². The molecule has 0 spiro atoms. The number of carbonyl (C=O) groups excluding carboxylic acids is 1. The first kappa shape index (κ1) is 18.5. The molecular formula is C20H20ClN5O2. The van der Waals surface area contributed by atoms with Crippen molar-refractivity contribution < 1.29 is 9.53 Å². The first-order valence-electron chi connectivity index (χ1n) is 8.89. The number of hydrazine groups is 1. The van der Waals surface area contributed by atoms with E-state index in [2.05, 4.69) is 21.3 Å². The minimum atomic E-state index is -0.333. The van der Waals surface area contributed by atoms with Crippen LogP contribution >= 0.6 is 11.6 Å². The zero-order valence-corrected chi connectivity index (χ0v) is 16.0. The molecule has 2 aromatic carbocycles. The summed E-state index contributed by atoms with van der Waals surface area (Å²) in [4.78, 5) is 12.6. The molecule has 0 aliphatic carbocycles. The Morgan fingerprint density at radius 1 is 1.25 bits per heavy atom. The number of aromatic nitrogens is 2. The van der Waals surface area contributed by atoms with E-state index >= 15 is 0 Å². The molecule has 1 aliphatic rings. The van der Waals surface area contributed by atoms with E-state index in [0.717, 1.165) is 22.7 Å². The van der Waals surface area contributed by atoms with Gasteiger partial charge >= 0.3 is 0 Å². The molecule has 3 N–H and O–H groups in total. The maximum atomic E-state index is 12.6. The summed E-state index contributed by atoms with van der Waals surface area (Å²) in [7, 11) is 1.64. The first-order valence-corrected chi connectivity index (χ1v) is 9.26. The summed E-state index contributed by atoms with van der Waals surface area (Å²) in [5.41, 5.74) is 8.91. The summed E-state index contributed by atoms with van der Waals surface area (Å²) in [6.07, 6.45) is 3.94. The quantitative estimate of drug-likeness (QED) is 0.616. The summed E-state index contributed by atoms with van der Waals surface area (Å²) in [6, 6.07) is 15.0. The number of carbonyl (C=O) groups is 1. The number of nitrogens with one attached hydrogen (secondary N) is 3. The van der Waals surface area contributed by atoms with Crippen LogP contribution in [-0.2, 0) is 4.79 Å². The third-order valence-corrected chi connectivity index (χ3v) is 4.86. The number of ether oxygens (including phenoxy) is 1. The number of hydrogen-bond donors (Lipinski definition) is 3. The molecule has 0 saturated carbocycles. The van der Waals surface area contributed by atoms with Crippen molar-refractivity contribution >= 4 is 23.2 Å². The van der Waals surface area contributed by atoms with Crippen molar-refractivity contribution in [3.05, 3.63) is 71.5 Å². The van der Waals surface area contributed by atoms with Gasteiger partial charge in [0, 0.05) is 17.9 Å². The normalized spacial score (nSPS) is 18.8. The molecule has 2 heterocycles. The van der Waals surface area contributed by atoms with Crippen LogP contribution in [0.25, 0.3) is 5.69 Å². The van der Waals surface area contributed by atoms with Gasteiger partial charge in [-0.1, -0.05) is 23.7 Å². The Hall–Kier alpha value is -2.87. The van der Waals surface area contributed by atoms with Gasteiger partial charge in [-0.25, -0.2) is 15.5 Å². The highest BCUT2D eigenvalue weighted by molar-refractivity contribution is 6.30. The number of benzene rings is 2. The Kier molecular flexibility index (Phi) is 5.29. The fourth-order valence-electron chi connectivity index (χ4n) is 3.17. The fourth-order valence-corrected chi connectivity index (χ4v) is 3.31. The van der Waals surface area contributed by atoms with E-state index in [0.29, 0.717) is 11.4 Å². The van der Waals surface area contributed by atoms with Gasteiger partial charge in [0.2, 0.25) is 5.91 Å². The van der Waals surface area contributed by atoms with Crippen LogP contribution in [0.15, 0.2) is 60.9 Å². The van der Waals surface area contributed by atoms with E-state index in [1.54, 1.807) is 24.2 Å². The highest BCUT2D eigenvalue weighted by Crippen LogP contribution is 2.26. The van der Waals surface area contributed by atoms with Crippen LogP contribution in [0, 0.1) is 0 Å². The van der Waals surface area contributed by atoms with Gasteiger partial charge in [0.15, 0.2) is 0 Å². The number of rotatable bonds is 5. The Morgan fingerprint density at radius 3 is 2.79 bits per heavy atom.